The first-order valence-electron chi connectivity index (χ1n) is 8.70. The Bertz CT molecular complexity index is 946. The fraction of sp³-hybridized carbons (Fsp3) is 0.200. The lowest BCUT2D eigenvalue weighted by Crippen LogP contribution is -2.26. The van der Waals surface area contributed by atoms with Crippen molar-refractivity contribution in [3.63, 3.8) is 0 Å². The second-order valence-corrected chi connectivity index (χ2v) is 7.22. The summed E-state index contributed by atoms with van der Waals surface area (Å²) < 4.78 is 11.2. The molecule has 0 radical (unpaired) electrons. The Balaban J connectivity index is 1.66. The third kappa shape index (κ3) is 5.82. The Kier molecular flexibility index (Phi) is 6.85. The molecule has 29 heavy (non-hydrogen) atoms. The first-order valence-corrected chi connectivity index (χ1v) is 9.58. The van der Waals surface area contributed by atoms with Gasteiger partial charge in [-0.3, -0.25) is 9.59 Å². The van der Waals surface area contributed by atoms with Crippen molar-refractivity contribution in [1.82, 2.24) is 5.32 Å². The third-order valence-corrected chi connectivity index (χ3v) is 4.99. The topological polar surface area (TPSA) is 110 Å². The third-order valence-electron chi connectivity index (χ3n) is 3.92. The van der Waals surface area contributed by atoms with Crippen molar-refractivity contribution in [2.24, 2.45) is 10.2 Å². The fourth-order valence-corrected chi connectivity index (χ4v) is 3.43. The van der Waals surface area contributed by atoms with E-state index in [4.69, 9.17) is 14.6 Å². The molecule has 2 aromatic rings. The summed E-state index contributed by atoms with van der Waals surface area (Å²) in [4.78, 5) is 22.4. The molecular weight excluding hydrogens is 394 g/mol. The number of thioether (sulfide) groups is 1. The molecule has 0 unspecified atom stereocenters. The van der Waals surface area contributed by atoms with Gasteiger partial charge in [0, 0.05) is 0 Å². The van der Waals surface area contributed by atoms with E-state index in [0.29, 0.717) is 18.1 Å². The van der Waals surface area contributed by atoms with Crippen molar-refractivity contribution in [3.8, 4) is 11.5 Å². The van der Waals surface area contributed by atoms with E-state index >= 15 is 0 Å². The summed E-state index contributed by atoms with van der Waals surface area (Å²) >= 11 is 1.05. The maximum Gasteiger partial charge on any atom is 0.305 e. The minimum absolute atomic E-state index is 0.264. The fourth-order valence-electron chi connectivity index (χ4n) is 2.51. The number of hydrogen-bond donors (Lipinski definition) is 2. The monoisotopic (exact) mass is 413 g/mol. The molecule has 1 amide bonds. The first kappa shape index (κ1) is 20.4. The molecule has 2 aromatic carbocycles. The highest BCUT2D eigenvalue weighted by atomic mass is 32.2. The van der Waals surface area contributed by atoms with Crippen molar-refractivity contribution in [3.05, 3.63) is 59.7 Å². The zero-order chi connectivity index (χ0) is 20.6. The number of carboxylic acid groups (broad SMARTS) is 1. The molecule has 0 spiro atoms. The molecule has 0 bridgehead atoms. The Labute approximate surface area is 171 Å². The number of amidine groups is 1. The number of rotatable bonds is 8. The molecule has 1 atom stereocenters. The van der Waals surface area contributed by atoms with E-state index in [1.54, 1.807) is 25.3 Å². The zero-order valence-electron chi connectivity index (χ0n) is 15.6. The van der Waals surface area contributed by atoms with Crippen LogP contribution < -0.4 is 14.8 Å². The molecule has 2 N–H and O–H groups in total. The van der Waals surface area contributed by atoms with Crippen molar-refractivity contribution >= 4 is 35.0 Å². The van der Waals surface area contributed by atoms with E-state index in [-0.39, 0.29) is 17.5 Å². The number of benzene rings is 2. The molecule has 8 nitrogen and oxygen atoms in total. The van der Waals surface area contributed by atoms with Gasteiger partial charge in [0.05, 0.1) is 19.7 Å². The summed E-state index contributed by atoms with van der Waals surface area (Å²) in [6.07, 6.45) is 1.25. The van der Waals surface area contributed by atoms with Gasteiger partial charge in [0.25, 0.3) is 0 Å². The molecule has 1 fully saturated rings. The molecule has 1 heterocycles. The smallest absolute Gasteiger partial charge is 0.305 e. The van der Waals surface area contributed by atoms with E-state index in [9.17, 15) is 9.59 Å². The summed E-state index contributed by atoms with van der Waals surface area (Å²) in [5.74, 6) is -0.256. The number of carboxylic acids is 1. The van der Waals surface area contributed by atoms with Crippen LogP contribution in [0.5, 0.6) is 11.5 Å². The van der Waals surface area contributed by atoms with Gasteiger partial charge in [0.15, 0.2) is 16.7 Å². The van der Waals surface area contributed by atoms with Crippen LogP contribution in [0.2, 0.25) is 0 Å². The Morgan fingerprint density at radius 3 is 2.76 bits per heavy atom. The standard InChI is InChI=1S/C20H19N3O5S/c1-27-15-8-7-14(9-16(15)28-12-13-5-3-2-4-6-13)11-21-23-20-22-19(26)17(29-20)10-18(24)25/h2-9,11,17H,10,12H2,1H3,(H,24,25)(H,22,23,26)/b21-11-/t17-/m0/s1. The van der Waals surface area contributed by atoms with Gasteiger partial charge in [-0.15, -0.1) is 5.10 Å². The SMILES string of the molecule is COc1ccc(/C=N\N=C2/NC(=O)[C@H](CC(=O)O)S2)cc1OCc1ccccc1. The van der Waals surface area contributed by atoms with Gasteiger partial charge in [0.2, 0.25) is 5.91 Å². The van der Waals surface area contributed by atoms with Crippen LogP contribution in [0.15, 0.2) is 58.7 Å². The van der Waals surface area contributed by atoms with Crippen molar-refractivity contribution in [2.45, 2.75) is 18.3 Å². The predicted molar refractivity (Wildman–Crippen MR) is 111 cm³/mol. The van der Waals surface area contributed by atoms with E-state index in [1.807, 2.05) is 30.3 Å². The molecule has 1 aliphatic heterocycles. The van der Waals surface area contributed by atoms with Crippen LogP contribution in [0, 0.1) is 0 Å². The van der Waals surface area contributed by atoms with Crippen LogP contribution in [0.25, 0.3) is 0 Å². The quantitative estimate of drug-likeness (QED) is 0.509. The Morgan fingerprint density at radius 2 is 2.03 bits per heavy atom. The number of nitrogens with zero attached hydrogens (tertiary/aromatic N) is 2. The lowest BCUT2D eigenvalue weighted by atomic mass is 10.2. The summed E-state index contributed by atoms with van der Waals surface area (Å²) in [5, 5.41) is 18.8. The summed E-state index contributed by atoms with van der Waals surface area (Å²) in [6, 6.07) is 15.1. The van der Waals surface area contributed by atoms with Crippen LogP contribution >= 0.6 is 11.8 Å². The van der Waals surface area contributed by atoms with E-state index < -0.39 is 11.2 Å². The van der Waals surface area contributed by atoms with E-state index in [0.717, 1.165) is 22.9 Å². The van der Waals surface area contributed by atoms with Gasteiger partial charge in [-0.05, 0) is 29.3 Å². The average Bonchev–Trinajstić information content (AvgIpc) is 3.05. The number of carbonyl (C=O) groups is 2. The number of aliphatic carboxylic acids is 1. The van der Waals surface area contributed by atoms with Crippen LogP contribution in [0.4, 0.5) is 0 Å². The highest BCUT2D eigenvalue weighted by molar-refractivity contribution is 8.15. The number of hydrogen-bond acceptors (Lipinski definition) is 7. The number of methoxy groups -OCH3 is 1. The van der Waals surface area contributed by atoms with Gasteiger partial charge in [-0.2, -0.15) is 5.10 Å². The van der Waals surface area contributed by atoms with Gasteiger partial charge >= 0.3 is 5.97 Å². The second kappa shape index (κ2) is 9.74. The van der Waals surface area contributed by atoms with Crippen LogP contribution in [0.3, 0.4) is 0 Å². The number of ether oxygens (including phenoxy) is 2. The minimum Gasteiger partial charge on any atom is -0.493 e. The van der Waals surface area contributed by atoms with Gasteiger partial charge < -0.3 is 19.9 Å². The first-order chi connectivity index (χ1) is 14.0. The molecular formula is C20H19N3O5S. The number of amides is 1. The molecule has 1 saturated heterocycles. The lowest BCUT2D eigenvalue weighted by Gasteiger charge is -2.11. The molecule has 0 aliphatic carbocycles. The van der Waals surface area contributed by atoms with Crippen LogP contribution in [-0.2, 0) is 16.2 Å². The van der Waals surface area contributed by atoms with Crippen molar-refractivity contribution in [2.75, 3.05) is 7.11 Å². The van der Waals surface area contributed by atoms with Crippen LogP contribution in [-0.4, -0.2) is 40.7 Å². The van der Waals surface area contributed by atoms with Crippen molar-refractivity contribution < 1.29 is 24.2 Å². The summed E-state index contributed by atoms with van der Waals surface area (Å²) in [7, 11) is 1.57. The molecule has 3 rings (SSSR count). The maximum atomic E-state index is 11.7. The largest absolute Gasteiger partial charge is 0.493 e. The molecule has 1 aliphatic rings. The minimum atomic E-state index is -1.04. The molecule has 9 heteroatoms. The normalized spacial score (nSPS) is 17.5. The van der Waals surface area contributed by atoms with E-state index in [2.05, 4.69) is 15.5 Å². The van der Waals surface area contributed by atoms with Crippen LogP contribution in [0.1, 0.15) is 17.5 Å². The van der Waals surface area contributed by atoms with Gasteiger partial charge in [0.1, 0.15) is 11.9 Å². The number of carbonyl (C=O) groups excluding carboxylic acids is 1. The molecule has 0 aromatic heterocycles. The molecule has 0 saturated carbocycles. The summed E-state index contributed by atoms with van der Waals surface area (Å²) in [6.45, 7) is 0.397. The highest BCUT2D eigenvalue weighted by Crippen LogP contribution is 2.28. The number of nitrogens with one attached hydrogen (secondary N) is 1. The predicted octanol–water partition coefficient (Wildman–Crippen LogP) is 2.67. The molecule has 150 valence electrons. The highest BCUT2D eigenvalue weighted by Gasteiger charge is 2.32. The lowest BCUT2D eigenvalue weighted by molar-refractivity contribution is -0.138. The second-order valence-electron chi connectivity index (χ2n) is 6.03. The Hall–Kier alpha value is -3.33. The van der Waals surface area contributed by atoms with E-state index in [1.165, 1.54) is 6.21 Å². The van der Waals surface area contributed by atoms with Gasteiger partial charge in [-0.1, -0.05) is 42.1 Å². The maximum absolute atomic E-state index is 11.7. The van der Waals surface area contributed by atoms with Crippen molar-refractivity contribution in [1.29, 1.82) is 0 Å². The summed E-state index contributed by atoms with van der Waals surface area (Å²) in [5.41, 5.74) is 1.76. The zero-order valence-corrected chi connectivity index (χ0v) is 16.4. The average molecular weight is 413 g/mol. The Morgan fingerprint density at radius 1 is 1.24 bits per heavy atom. The van der Waals surface area contributed by atoms with Gasteiger partial charge in [-0.25, -0.2) is 0 Å².